The molecule has 3 heteroatoms. The average Bonchev–Trinajstić information content (AvgIpc) is 2.34. The lowest BCUT2D eigenvalue weighted by Gasteiger charge is -2.43. The Balaban J connectivity index is 2.24. The van der Waals surface area contributed by atoms with E-state index in [1.54, 1.807) is 0 Å². The summed E-state index contributed by atoms with van der Waals surface area (Å²) in [6.07, 6.45) is 0. The SMILES string of the molecule is Cc1ccc(C(CN)N2CCN(C)CC2C)c(C)c1. The molecule has 2 rings (SSSR count). The summed E-state index contributed by atoms with van der Waals surface area (Å²) >= 11 is 0. The number of rotatable bonds is 3. The van der Waals surface area contributed by atoms with E-state index in [4.69, 9.17) is 5.73 Å². The normalized spacial score (nSPS) is 23.5. The first-order valence-corrected chi connectivity index (χ1v) is 7.24. The second kappa shape index (κ2) is 6.04. The van der Waals surface area contributed by atoms with Crippen molar-refractivity contribution in [2.75, 3.05) is 33.2 Å². The van der Waals surface area contributed by atoms with E-state index >= 15 is 0 Å². The van der Waals surface area contributed by atoms with Gasteiger partial charge in [-0.2, -0.15) is 0 Å². The van der Waals surface area contributed by atoms with Crippen LogP contribution in [0.25, 0.3) is 0 Å². The molecule has 19 heavy (non-hydrogen) atoms. The molecule has 3 nitrogen and oxygen atoms in total. The van der Waals surface area contributed by atoms with Crippen LogP contribution in [0.3, 0.4) is 0 Å². The van der Waals surface area contributed by atoms with E-state index < -0.39 is 0 Å². The van der Waals surface area contributed by atoms with Gasteiger partial charge < -0.3 is 10.6 Å². The Labute approximate surface area is 117 Å². The molecule has 1 aromatic rings. The third kappa shape index (κ3) is 3.16. The molecule has 2 atom stereocenters. The number of nitrogens with two attached hydrogens (primary N) is 1. The quantitative estimate of drug-likeness (QED) is 0.902. The van der Waals surface area contributed by atoms with Crippen molar-refractivity contribution in [3.05, 3.63) is 34.9 Å². The summed E-state index contributed by atoms with van der Waals surface area (Å²) in [5.74, 6) is 0. The number of aryl methyl sites for hydroxylation is 2. The maximum absolute atomic E-state index is 6.08. The summed E-state index contributed by atoms with van der Waals surface area (Å²) in [4.78, 5) is 4.97. The summed E-state index contributed by atoms with van der Waals surface area (Å²) in [6.45, 7) is 10.7. The number of hydrogen-bond donors (Lipinski definition) is 1. The lowest BCUT2D eigenvalue weighted by atomic mass is 9.96. The lowest BCUT2D eigenvalue weighted by Crippen LogP contribution is -2.52. The van der Waals surface area contributed by atoms with E-state index in [1.165, 1.54) is 16.7 Å². The molecular weight excluding hydrogens is 234 g/mol. The van der Waals surface area contributed by atoms with Gasteiger partial charge in [-0.3, -0.25) is 4.90 Å². The van der Waals surface area contributed by atoms with Gasteiger partial charge in [-0.05, 0) is 38.9 Å². The van der Waals surface area contributed by atoms with Crippen LogP contribution in [0.2, 0.25) is 0 Å². The van der Waals surface area contributed by atoms with Crippen molar-refractivity contribution >= 4 is 0 Å². The van der Waals surface area contributed by atoms with Crippen LogP contribution in [0, 0.1) is 13.8 Å². The monoisotopic (exact) mass is 261 g/mol. The van der Waals surface area contributed by atoms with Gasteiger partial charge in [0, 0.05) is 38.3 Å². The molecule has 0 aliphatic carbocycles. The molecule has 1 aliphatic rings. The van der Waals surface area contributed by atoms with Crippen molar-refractivity contribution in [3.63, 3.8) is 0 Å². The molecule has 1 saturated heterocycles. The van der Waals surface area contributed by atoms with Gasteiger partial charge in [0.05, 0.1) is 0 Å². The van der Waals surface area contributed by atoms with Crippen LogP contribution in [0.4, 0.5) is 0 Å². The Kier molecular flexibility index (Phi) is 4.61. The molecular formula is C16H27N3. The molecule has 0 spiro atoms. The van der Waals surface area contributed by atoms with Crippen molar-refractivity contribution in [1.82, 2.24) is 9.80 Å². The summed E-state index contributed by atoms with van der Waals surface area (Å²) in [6, 6.07) is 7.63. The predicted octanol–water partition coefficient (Wildman–Crippen LogP) is 1.94. The Morgan fingerprint density at radius 1 is 1.32 bits per heavy atom. The van der Waals surface area contributed by atoms with Crippen LogP contribution in [0.1, 0.15) is 29.7 Å². The molecule has 0 saturated carbocycles. The van der Waals surface area contributed by atoms with Gasteiger partial charge in [-0.15, -0.1) is 0 Å². The number of benzene rings is 1. The van der Waals surface area contributed by atoms with Crippen LogP contribution < -0.4 is 5.73 Å². The van der Waals surface area contributed by atoms with Crippen LogP contribution in [-0.2, 0) is 0 Å². The van der Waals surface area contributed by atoms with Crippen LogP contribution in [0.5, 0.6) is 0 Å². The molecule has 0 radical (unpaired) electrons. The third-order valence-electron chi connectivity index (χ3n) is 4.29. The van der Waals surface area contributed by atoms with Gasteiger partial charge in [0.25, 0.3) is 0 Å². The summed E-state index contributed by atoms with van der Waals surface area (Å²) in [5.41, 5.74) is 10.2. The zero-order chi connectivity index (χ0) is 14.0. The molecule has 0 bridgehead atoms. The lowest BCUT2D eigenvalue weighted by molar-refractivity contribution is 0.0633. The van der Waals surface area contributed by atoms with Crippen LogP contribution >= 0.6 is 0 Å². The highest BCUT2D eigenvalue weighted by molar-refractivity contribution is 5.33. The van der Waals surface area contributed by atoms with Crippen LogP contribution in [-0.4, -0.2) is 49.1 Å². The number of nitrogens with zero attached hydrogens (tertiary/aromatic N) is 2. The minimum Gasteiger partial charge on any atom is -0.329 e. The van der Waals surface area contributed by atoms with Gasteiger partial charge in [-0.1, -0.05) is 23.8 Å². The van der Waals surface area contributed by atoms with E-state index in [2.05, 4.69) is 55.8 Å². The fourth-order valence-electron chi connectivity index (χ4n) is 3.26. The molecule has 0 amide bonds. The van der Waals surface area contributed by atoms with E-state index in [0.29, 0.717) is 18.6 Å². The highest BCUT2D eigenvalue weighted by Crippen LogP contribution is 2.27. The maximum atomic E-state index is 6.08. The van der Waals surface area contributed by atoms with E-state index in [9.17, 15) is 0 Å². The Morgan fingerprint density at radius 3 is 2.63 bits per heavy atom. The second-order valence-electron chi connectivity index (χ2n) is 5.96. The first-order chi connectivity index (χ1) is 9.02. The molecule has 2 N–H and O–H groups in total. The fraction of sp³-hybridized carbons (Fsp3) is 0.625. The minimum atomic E-state index is 0.351. The van der Waals surface area contributed by atoms with Crippen molar-refractivity contribution < 1.29 is 0 Å². The summed E-state index contributed by atoms with van der Waals surface area (Å²) in [7, 11) is 2.20. The molecule has 1 aromatic carbocycles. The standard InChI is InChI=1S/C16H27N3/c1-12-5-6-15(13(2)9-12)16(10-17)19-8-7-18(4)11-14(19)3/h5-6,9,14,16H,7-8,10-11,17H2,1-4H3. The Bertz CT molecular complexity index is 430. The topological polar surface area (TPSA) is 32.5 Å². The van der Waals surface area contributed by atoms with Crippen LogP contribution in [0.15, 0.2) is 18.2 Å². The highest BCUT2D eigenvalue weighted by atomic mass is 15.3. The molecule has 106 valence electrons. The fourth-order valence-corrected chi connectivity index (χ4v) is 3.26. The second-order valence-corrected chi connectivity index (χ2v) is 5.96. The first kappa shape index (κ1) is 14.5. The van der Waals surface area contributed by atoms with E-state index in [-0.39, 0.29) is 0 Å². The van der Waals surface area contributed by atoms with E-state index in [0.717, 1.165) is 19.6 Å². The Morgan fingerprint density at radius 2 is 2.05 bits per heavy atom. The highest BCUT2D eigenvalue weighted by Gasteiger charge is 2.28. The maximum Gasteiger partial charge on any atom is 0.0476 e. The zero-order valence-electron chi connectivity index (χ0n) is 12.7. The van der Waals surface area contributed by atoms with Crippen molar-refractivity contribution in [2.45, 2.75) is 32.9 Å². The molecule has 2 unspecified atom stereocenters. The Hall–Kier alpha value is -0.900. The largest absolute Gasteiger partial charge is 0.329 e. The first-order valence-electron chi connectivity index (χ1n) is 7.24. The van der Waals surface area contributed by atoms with Gasteiger partial charge in [0.2, 0.25) is 0 Å². The number of likely N-dealkylation sites (N-methyl/N-ethyl adjacent to an activating group) is 1. The summed E-state index contributed by atoms with van der Waals surface area (Å²) < 4.78 is 0. The number of piperazine rings is 1. The van der Waals surface area contributed by atoms with Gasteiger partial charge in [0.15, 0.2) is 0 Å². The molecule has 1 heterocycles. The molecule has 0 aromatic heterocycles. The van der Waals surface area contributed by atoms with Crippen molar-refractivity contribution in [3.8, 4) is 0 Å². The van der Waals surface area contributed by atoms with Gasteiger partial charge >= 0.3 is 0 Å². The molecule has 1 fully saturated rings. The predicted molar refractivity (Wildman–Crippen MR) is 81.4 cm³/mol. The van der Waals surface area contributed by atoms with Crippen molar-refractivity contribution in [1.29, 1.82) is 0 Å². The molecule has 1 aliphatic heterocycles. The summed E-state index contributed by atoms with van der Waals surface area (Å²) in [5, 5.41) is 0. The van der Waals surface area contributed by atoms with Gasteiger partial charge in [-0.25, -0.2) is 0 Å². The van der Waals surface area contributed by atoms with Crippen molar-refractivity contribution in [2.24, 2.45) is 5.73 Å². The third-order valence-corrected chi connectivity index (χ3v) is 4.29. The smallest absolute Gasteiger partial charge is 0.0476 e. The zero-order valence-corrected chi connectivity index (χ0v) is 12.7. The number of hydrogen-bond acceptors (Lipinski definition) is 3. The minimum absolute atomic E-state index is 0.351. The average molecular weight is 261 g/mol. The van der Waals surface area contributed by atoms with Gasteiger partial charge in [0.1, 0.15) is 0 Å². The van der Waals surface area contributed by atoms with E-state index in [1.807, 2.05) is 0 Å².